The van der Waals surface area contributed by atoms with E-state index in [-0.39, 0.29) is 24.3 Å². The second-order valence-electron chi connectivity index (χ2n) is 4.22. The monoisotopic (exact) mass is 250 g/mol. The van der Waals surface area contributed by atoms with E-state index in [1.807, 2.05) is 38.1 Å². The molecule has 0 fully saturated rings. The summed E-state index contributed by atoms with van der Waals surface area (Å²) in [5.74, 6) is 0.211. The Bertz CT molecular complexity index is 413. The molecule has 98 valence electrons. The van der Waals surface area contributed by atoms with E-state index in [9.17, 15) is 9.59 Å². The summed E-state index contributed by atoms with van der Waals surface area (Å²) in [5, 5.41) is 0. The second-order valence-corrected chi connectivity index (χ2v) is 4.22. The third kappa shape index (κ3) is 5.34. The van der Waals surface area contributed by atoms with Crippen LogP contribution in [0.15, 0.2) is 24.3 Å². The minimum absolute atomic E-state index is 0.124. The maximum Gasteiger partial charge on any atom is 0.242 e. The maximum atomic E-state index is 11.4. The first-order valence-corrected chi connectivity index (χ1v) is 5.78. The summed E-state index contributed by atoms with van der Waals surface area (Å²) in [6, 6.07) is 7.29. The smallest absolute Gasteiger partial charge is 0.242 e. The summed E-state index contributed by atoms with van der Waals surface area (Å²) in [4.78, 5) is 22.0. The molecule has 2 N–H and O–H groups in total. The van der Waals surface area contributed by atoms with Gasteiger partial charge in [-0.2, -0.15) is 0 Å². The summed E-state index contributed by atoms with van der Waals surface area (Å²) < 4.78 is 5.50. The van der Waals surface area contributed by atoms with Gasteiger partial charge in [0.2, 0.25) is 11.8 Å². The highest BCUT2D eigenvalue weighted by Gasteiger charge is 2.04. The molecule has 5 nitrogen and oxygen atoms in total. The molecule has 0 aromatic heterocycles. The van der Waals surface area contributed by atoms with E-state index < -0.39 is 0 Å². The predicted octanol–water partition coefficient (Wildman–Crippen LogP) is 1.18. The highest BCUT2D eigenvalue weighted by molar-refractivity contribution is 5.82. The van der Waals surface area contributed by atoms with Gasteiger partial charge in [0.15, 0.2) is 0 Å². The molecule has 2 amide bonds. The van der Waals surface area contributed by atoms with Gasteiger partial charge in [-0.05, 0) is 31.5 Å². The van der Waals surface area contributed by atoms with Crippen molar-refractivity contribution in [2.45, 2.75) is 33.3 Å². The lowest BCUT2D eigenvalue weighted by molar-refractivity contribution is -0.127. The number of hydrazine groups is 1. The van der Waals surface area contributed by atoms with Crippen LogP contribution in [0.5, 0.6) is 5.75 Å². The van der Waals surface area contributed by atoms with Crippen molar-refractivity contribution in [1.82, 2.24) is 10.9 Å². The molecule has 0 aliphatic rings. The molecule has 1 aromatic carbocycles. The molecule has 18 heavy (non-hydrogen) atoms. The molecular formula is C13H18N2O3. The lowest BCUT2D eigenvalue weighted by Crippen LogP contribution is -2.41. The maximum absolute atomic E-state index is 11.4. The van der Waals surface area contributed by atoms with Crippen LogP contribution in [0, 0.1) is 0 Å². The lowest BCUT2D eigenvalue weighted by Gasteiger charge is -2.10. The standard InChI is InChI=1S/C13H18N2O3/c1-9(2)18-12-6-4-11(5-7-12)8-13(17)15-14-10(3)16/h4-7,9H,8H2,1-3H3,(H,14,16)(H,15,17). The average Bonchev–Trinajstić information content (AvgIpc) is 2.28. The Hall–Kier alpha value is -2.04. The van der Waals surface area contributed by atoms with Crippen LogP contribution < -0.4 is 15.6 Å². The van der Waals surface area contributed by atoms with Crippen molar-refractivity contribution >= 4 is 11.8 Å². The summed E-state index contributed by atoms with van der Waals surface area (Å²) >= 11 is 0. The first-order valence-electron chi connectivity index (χ1n) is 5.78. The van der Waals surface area contributed by atoms with E-state index in [4.69, 9.17) is 4.74 Å². The van der Waals surface area contributed by atoms with Gasteiger partial charge in [-0.3, -0.25) is 20.4 Å². The van der Waals surface area contributed by atoms with Gasteiger partial charge in [-0.25, -0.2) is 0 Å². The number of hydrogen-bond acceptors (Lipinski definition) is 3. The first-order chi connectivity index (χ1) is 8.47. The number of nitrogens with one attached hydrogen (secondary N) is 2. The van der Waals surface area contributed by atoms with Gasteiger partial charge in [-0.15, -0.1) is 0 Å². The molecule has 1 rings (SSSR count). The number of rotatable bonds is 4. The molecule has 5 heteroatoms. The highest BCUT2D eigenvalue weighted by Crippen LogP contribution is 2.13. The minimum Gasteiger partial charge on any atom is -0.491 e. The second kappa shape index (κ2) is 6.64. The molecule has 0 spiro atoms. The van der Waals surface area contributed by atoms with Gasteiger partial charge in [0.1, 0.15) is 5.75 Å². The van der Waals surface area contributed by atoms with Gasteiger partial charge in [0.25, 0.3) is 0 Å². The predicted molar refractivity (Wildman–Crippen MR) is 67.9 cm³/mol. The van der Waals surface area contributed by atoms with Crippen molar-refractivity contribution in [3.63, 3.8) is 0 Å². The third-order valence-electron chi connectivity index (χ3n) is 2.04. The molecule has 0 saturated carbocycles. The van der Waals surface area contributed by atoms with Crippen molar-refractivity contribution in [3.8, 4) is 5.75 Å². The number of carbonyl (C=O) groups is 2. The van der Waals surface area contributed by atoms with Gasteiger partial charge in [-0.1, -0.05) is 12.1 Å². The zero-order valence-electron chi connectivity index (χ0n) is 10.8. The minimum atomic E-state index is -0.302. The lowest BCUT2D eigenvalue weighted by atomic mass is 10.1. The first kappa shape index (κ1) is 14.0. The van der Waals surface area contributed by atoms with Crippen LogP contribution in [-0.2, 0) is 16.0 Å². The molecule has 0 heterocycles. The van der Waals surface area contributed by atoms with Crippen LogP contribution in [0.1, 0.15) is 26.3 Å². The molecule has 0 unspecified atom stereocenters. The van der Waals surface area contributed by atoms with E-state index in [0.29, 0.717) is 0 Å². The topological polar surface area (TPSA) is 67.4 Å². The molecule has 0 radical (unpaired) electrons. The van der Waals surface area contributed by atoms with E-state index in [1.165, 1.54) is 6.92 Å². The third-order valence-corrected chi connectivity index (χ3v) is 2.04. The summed E-state index contributed by atoms with van der Waals surface area (Å²) in [5.41, 5.74) is 5.40. The normalized spacial score (nSPS) is 10.0. The Labute approximate surface area is 106 Å². The largest absolute Gasteiger partial charge is 0.491 e. The van der Waals surface area contributed by atoms with Crippen molar-refractivity contribution in [2.24, 2.45) is 0 Å². The number of amides is 2. The Morgan fingerprint density at radius 2 is 1.78 bits per heavy atom. The molecule has 0 bridgehead atoms. The number of carbonyl (C=O) groups excluding carboxylic acids is 2. The zero-order valence-corrected chi connectivity index (χ0v) is 10.8. The van der Waals surface area contributed by atoms with E-state index in [2.05, 4.69) is 10.9 Å². The van der Waals surface area contributed by atoms with E-state index in [1.54, 1.807) is 0 Å². The van der Waals surface area contributed by atoms with Crippen LogP contribution in [0.25, 0.3) is 0 Å². The molecule has 0 atom stereocenters. The Balaban J connectivity index is 2.48. The van der Waals surface area contributed by atoms with Gasteiger partial charge < -0.3 is 4.74 Å². The van der Waals surface area contributed by atoms with Crippen LogP contribution in [-0.4, -0.2) is 17.9 Å². The molecule has 1 aromatic rings. The van der Waals surface area contributed by atoms with Crippen LogP contribution >= 0.6 is 0 Å². The van der Waals surface area contributed by atoms with Crippen molar-refractivity contribution in [3.05, 3.63) is 29.8 Å². The molecule has 0 aliphatic carbocycles. The summed E-state index contributed by atoms with van der Waals surface area (Å²) in [6.45, 7) is 5.24. The SMILES string of the molecule is CC(=O)NNC(=O)Cc1ccc(OC(C)C)cc1. The van der Waals surface area contributed by atoms with Gasteiger partial charge in [0.05, 0.1) is 12.5 Å². The van der Waals surface area contributed by atoms with Crippen LogP contribution in [0.3, 0.4) is 0 Å². The van der Waals surface area contributed by atoms with Crippen molar-refractivity contribution in [1.29, 1.82) is 0 Å². The van der Waals surface area contributed by atoms with E-state index >= 15 is 0 Å². The Morgan fingerprint density at radius 1 is 1.17 bits per heavy atom. The molecule has 0 saturated heterocycles. The molecule has 0 aliphatic heterocycles. The van der Waals surface area contributed by atoms with Gasteiger partial charge in [0, 0.05) is 6.92 Å². The Morgan fingerprint density at radius 3 is 2.28 bits per heavy atom. The fourth-order valence-corrected chi connectivity index (χ4v) is 1.35. The van der Waals surface area contributed by atoms with Crippen molar-refractivity contribution in [2.75, 3.05) is 0 Å². The Kier molecular flexibility index (Phi) is 5.17. The average molecular weight is 250 g/mol. The quantitative estimate of drug-likeness (QED) is 0.789. The van der Waals surface area contributed by atoms with Crippen LogP contribution in [0.4, 0.5) is 0 Å². The number of ether oxygens (including phenoxy) is 1. The fourth-order valence-electron chi connectivity index (χ4n) is 1.35. The zero-order chi connectivity index (χ0) is 13.5. The van der Waals surface area contributed by atoms with Crippen molar-refractivity contribution < 1.29 is 14.3 Å². The fraction of sp³-hybridized carbons (Fsp3) is 0.385. The summed E-state index contributed by atoms with van der Waals surface area (Å²) in [7, 11) is 0. The summed E-state index contributed by atoms with van der Waals surface area (Å²) in [6.07, 6.45) is 0.335. The number of hydrogen-bond donors (Lipinski definition) is 2. The number of benzene rings is 1. The highest BCUT2D eigenvalue weighted by atomic mass is 16.5. The van der Waals surface area contributed by atoms with Crippen LogP contribution in [0.2, 0.25) is 0 Å². The van der Waals surface area contributed by atoms with Gasteiger partial charge >= 0.3 is 0 Å². The van der Waals surface area contributed by atoms with E-state index in [0.717, 1.165) is 11.3 Å². The molecular weight excluding hydrogens is 232 g/mol.